The maximum Gasteiger partial charge on any atom is 0.266 e. The minimum absolute atomic E-state index is 0.127. The number of carbonyl (C=O) groups excluding carboxylic acids is 1. The van der Waals surface area contributed by atoms with Crippen molar-refractivity contribution < 1.29 is 4.79 Å². The molecule has 3 heterocycles. The van der Waals surface area contributed by atoms with Gasteiger partial charge in [0.2, 0.25) is 0 Å². The molecule has 0 radical (unpaired) electrons. The molecule has 3 aromatic heterocycles. The van der Waals surface area contributed by atoms with Gasteiger partial charge in [-0.2, -0.15) is 10.2 Å². The van der Waals surface area contributed by atoms with Crippen molar-refractivity contribution >= 4 is 11.6 Å². The minimum atomic E-state index is -0.256. The molecule has 0 unspecified atom stereocenters. The van der Waals surface area contributed by atoms with Gasteiger partial charge in [0.05, 0.1) is 24.5 Å². The average Bonchev–Trinajstić information content (AvgIpc) is 3.41. The number of rotatable bonds is 6. The third kappa shape index (κ3) is 3.60. The zero-order chi connectivity index (χ0) is 19.0. The number of fused-ring (bicyclic) bond motifs is 1. The summed E-state index contributed by atoms with van der Waals surface area (Å²) in [6.45, 7) is 4.35. The molecule has 0 aliphatic heterocycles. The number of carbonyl (C=O) groups is 1. The quantitative estimate of drug-likeness (QED) is 0.715. The molecule has 0 bridgehead atoms. The van der Waals surface area contributed by atoms with Gasteiger partial charge in [-0.15, -0.1) is 0 Å². The monoisotopic (exact) mass is 366 g/mol. The molecule has 1 fully saturated rings. The largest absolute Gasteiger partial charge is 0.347 e. The topological polar surface area (TPSA) is 94.2 Å². The third-order valence-corrected chi connectivity index (χ3v) is 4.90. The Hall–Kier alpha value is -3.03. The Labute approximate surface area is 156 Å². The normalized spacial score (nSPS) is 15.2. The van der Waals surface area contributed by atoms with Crippen LogP contribution in [0.2, 0.25) is 0 Å². The number of nitrogens with zero attached hydrogens (tertiary/aromatic N) is 5. The molecule has 0 saturated heterocycles. The van der Waals surface area contributed by atoms with Crippen LogP contribution < -0.4 is 10.9 Å². The van der Waals surface area contributed by atoms with E-state index in [1.54, 1.807) is 29.0 Å². The van der Waals surface area contributed by atoms with Crippen LogP contribution in [0, 0.1) is 5.92 Å². The van der Waals surface area contributed by atoms with Gasteiger partial charge in [-0.05, 0) is 30.9 Å². The zero-order valence-corrected chi connectivity index (χ0v) is 15.4. The van der Waals surface area contributed by atoms with Crippen molar-refractivity contribution in [2.45, 2.75) is 45.2 Å². The van der Waals surface area contributed by atoms with Gasteiger partial charge in [0.1, 0.15) is 5.56 Å². The van der Waals surface area contributed by atoms with E-state index in [0.717, 1.165) is 18.5 Å². The van der Waals surface area contributed by atoms with E-state index in [0.29, 0.717) is 23.7 Å². The van der Waals surface area contributed by atoms with Crippen molar-refractivity contribution in [1.82, 2.24) is 29.7 Å². The fourth-order valence-electron chi connectivity index (χ4n) is 3.04. The van der Waals surface area contributed by atoms with Gasteiger partial charge in [-0.3, -0.25) is 9.59 Å². The average molecular weight is 366 g/mol. The van der Waals surface area contributed by atoms with Crippen LogP contribution in [-0.2, 0) is 6.54 Å². The lowest BCUT2D eigenvalue weighted by atomic mass is 10.0. The molecular formula is C19H22N6O2. The number of hydrogen-bond acceptors (Lipinski definition) is 5. The van der Waals surface area contributed by atoms with Gasteiger partial charge in [0, 0.05) is 24.4 Å². The SMILES string of the molecule is CC(C)[C@@H](Cn1nc(C2CC2)ccc1=O)NC(=O)c1cnn2cccnc12. The van der Waals surface area contributed by atoms with E-state index >= 15 is 0 Å². The molecule has 0 aromatic carbocycles. The summed E-state index contributed by atoms with van der Waals surface area (Å²) in [5, 5.41) is 11.7. The van der Waals surface area contributed by atoms with Crippen LogP contribution in [0.3, 0.4) is 0 Å². The first-order chi connectivity index (χ1) is 13.0. The second-order valence-electron chi connectivity index (χ2n) is 7.32. The van der Waals surface area contributed by atoms with Gasteiger partial charge >= 0.3 is 0 Å². The molecule has 4 rings (SSSR count). The maximum atomic E-state index is 12.8. The summed E-state index contributed by atoms with van der Waals surface area (Å²) in [6, 6.07) is 4.89. The highest BCUT2D eigenvalue weighted by atomic mass is 16.2. The van der Waals surface area contributed by atoms with E-state index in [1.807, 2.05) is 19.9 Å². The van der Waals surface area contributed by atoms with Gasteiger partial charge in [-0.1, -0.05) is 13.8 Å². The summed E-state index contributed by atoms with van der Waals surface area (Å²) in [7, 11) is 0. The van der Waals surface area contributed by atoms with E-state index in [2.05, 4.69) is 20.5 Å². The third-order valence-electron chi connectivity index (χ3n) is 4.90. The van der Waals surface area contributed by atoms with Gasteiger partial charge in [0.25, 0.3) is 11.5 Å². The van der Waals surface area contributed by atoms with Crippen molar-refractivity contribution in [3.05, 3.63) is 58.4 Å². The highest BCUT2D eigenvalue weighted by molar-refractivity contribution is 5.99. The van der Waals surface area contributed by atoms with Crippen LogP contribution in [0.1, 0.15) is 48.7 Å². The molecule has 8 heteroatoms. The van der Waals surface area contributed by atoms with E-state index in [-0.39, 0.29) is 23.4 Å². The maximum absolute atomic E-state index is 12.8. The summed E-state index contributed by atoms with van der Waals surface area (Å²) < 4.78 is 3.03. The van der Waals surface area contributed by atoms with E-state index < -0.39 is 0 Å². The Balaban J connectivity index is 1.55. The Bertz CT molecular complexity index is 1030. The van der Waals surface area contributed by atoms with Crippen LogP contribution >= 0.6 is 0 Å². The van der Waals surface area contributed by atoms with Crippen LogP contribution in [0.5, 0.6) is 0 Å². The molecule has 1 aliphatic carbocycles. The highest BCUT2D eigenvalue weighted by Gasteiger charge is 2.26. The van der Waals surface area contributed by atoms with Gasteiger partial charge in [0.15, 0.2) is 5.65 Å². The van der Waals surface area contributed by atoms with E-state index in [1.165, 1.54) is 10.9 Å². The second-order valence-corrected chi connectivity index (χ2v) is 7.32. The first-order valence-corrected chi connectivity index (χ1v) is 9.20. The predicted molar refractivity (Wildman–Crippen MR) is 99.6 cm³/mol. The lowest BCUT2D eigenvalue weighted by Gasteiger charge is -2.22. The number of amides is 1. The number of aromatic nitrogens is 5. The molecule has 1 N–H and O–H groups in total. The fourth-order valence-corrected chi connectivity index (χ4v) is 3.04. The van der Waals surface area contributed by atoms with Crippen LogP contribution in [0.15, 0.2) is 41.6 Å². The van der Waals surface area contributed by atoms with Gasteiger partial charge in [-0.25, -0.2) is 14.2 Å². The first-order valence-electron chi connectivity index (χ1n) is 9.20. The second kappa shape index (κ2) is 6.94. The summed E-state index contributed by atoms with van der Waals surface area (Å²) in [4.78, 5) is 29.2. The standard InChI is InChI=1S/C19H22N6O2/c1-12(2)16(11-25-17(26)7-6-15(23-25)13-4-5-13)22-19(27)14-10-21-24-9-3-8-20-18(14)24/h3,6-10,12-13,16H,4-5,11H2,1-2H3,(H,22,27)/t16-/m1/s1. The Morgan fingerprint density at radius 1 is 1.33 bits per heavy atom. The lowest BCUT2D eigenvalue weighted by Crippen LogP contribution is -2.44. The summed E-state index contributed by atoms with van der Waals surface area (Å²) >= 11 is 0. The van der Waals surface area contributed by atoms with Crippen LogP contribution in [0.25, 0.3) is 5.65 Å². The molecule has 0 spiro atoms. The van der Waals surface area contributed by atoms with Crippen molar-refractivity contribution in [2.75, 3.05) is 0 Å². The molecule has 1 aliphatic rings. The van der Waals surface area contributed by atoms with Crippen molar-refractivity contribution in [3.63, 3.8) is 0 Å². The smallest absolute Gasteiger partial charge is 0.266 e. The summed E-state index contributed by atoms with van der Waals surface area (Å²) in [6.07, 6.45) is 7.12. The molecule has 1 atom stereocenters. The van der Waals surface area contributed by atoms with E-state index in [9.17, 15) is 9.59 Å². The number of hydrogen-bond donors (Lipinski definition) is 1. The number of nitrogens with one attached hydrogen (secondary N) is 1. The predicted octanol–water partition coefficient (Wildman–Crippen LogP) is 1.62. The van der Waals surface area contributed by atoms with Crippen LogP contribution in [-0.4, -0.2) is 36.3 Å². The fraction of sp³-hybridized carbons (Fsp3) is 0.421. The highest BCUT2D eigenvalue weighted by Crippen LogP contribution is 2.38. The molecule has 27 heavy (non-hydrogen) atoms. The molecule has 3 aromatic rings. The lowest BCUT2D eigenvalue weighted by molar-refractivity contribution is 0.0920. The Morgan fingerprint density at radius 3 is 2.89 bits per heavy atom. The summed E-state index contributed by atoms with van der Waals surface area (Å²) in [5.74, 6) is 0.338. The molecule has 1 saturated carbocycles. The van der Waals surface area contributed by atoms with Crippen molar-refractivity contribution in [1.29, 1.82) is 0 Å². The molecule has 140 valence electrons. The van der Waals surface area contributed by atoms with Gasteiger partial charge < -0.3 is 5.32 Å². The molecular weight excluding hydrogens is 344 g/mol. The van der Waals surface area contributed by atoms with Crippen molar-refractivity contribution in [2.24, 2.45) is 5.92 Å². The minimum Gasteiger partial charge on any atom is -0.347 e. The van der Waals surface area contributed by atoms with Crippen LogP contribution in [0.4, 0.5) is 0 Å². The molecule has 8 nitrogen and oxygen atoms in total. The Morgan fingerprint density at radius 2 is 2.15 bits per heavy atom. The van der Waals surface area contributed by atoms with Crippen molar-refractivity contribution in [3.8, 4) is 0 Å². The zero-order valence-electron chi connectivity index (χ0n) is 15.4. The molecule has 1 amide bonds. The summed E-state index contributed by atoms with van der Waals surface area (Å²) in [5.41, 5.74) is 1.71. The van der Waals surface area contributed by atoms with E-state index in [4.69, 9.17) is 0 Å². The Kier molecular flexibility index (Phi) is 4.47. The first kappa shape index (κ1) is 17.4.